The topological polar surface area (TPSA) is 44.1 Å². The van der Waals surface area contributed by atoms with Crippen LogP contribution < -0.4 is 4.74 Å². The van der Waals surface area contributed by atoms with Crippen LogP contribution in [0.2, 0.25) is 0 Å². The highest BCUT2D eigenvalue weighted by molar-refractivity contribution is 6.08. The van der Waals surface area contributed by atoms with Crippen molar-refractivity contribution in [1.82, 2.24) is 9.78 Å². The van der Waals surface area contributed by atoms with Crippen LogP contribution in [0.3, 0.4) is 0 Å². The number of hydrogen-bond acceptors (Lipinski definition) is 3. The number of aromatic nitrogens is 2. The molecule has 4 heteroatoms. The Morgan fingerprint density at radius 2 is 1.57 bits per heavy atom. The number of rotatable bonds is 5. The molecule has 0 aliphatic carbocycles. The minimum absolute atomic E-state index is 0.0961. The number of carbonyl (C=O) groups is 1. The van der Waals surface area contributed by atoms with E-state index in [4.69, 9.17) is 4.74 Å². The van der Waals surface area contributed by atoms with E-state index in [-0.39, 0.29) is 5.78 Å². The van der Waals surface area contributed by atoms with Gasteiger partial charge in [0.25, 0.3) is 0 Å². The number of ether oxygens (including phenoxy) is 1. The first kappa shape index (κ1) is 17.7. The molecule has 0 aliphatic heterocycles. The average Bonchev–Trinajstić information content (AvgIpc) is 3.20. The van der Waals surface area contributed by atoms with E-state index in [1.165, 1.54) is 5.56 Å². The van der Waals surface area contributed by atoms with Gasteiger partial charge in [-0.3, -0.25) is 4.79 Å². The van der Waals surface area contributed by atoms with Crippen molar-refractivity contribution >= 4 is 5.78 Å². The van der Waals surface area contributed by atoms with Gasteiger partial charge in [-0.2, -0.15) is 5.10 Å². The van der Waals surface area contributed by atoms with Crippen molar-refractivity contribution in [3.05, 3.63) is 102 Å². The summed E-state index contributed by atoms with van der Waals surface area (Å²) in [5.74, 6) is 0.676. The molecule has 28 heavy (non-hydrogen) atoms. The zero-order chi connectivity index (χ0) is 19.5. The van der Waals surface area contributed by atoms with Crippen LogP contribution in [-0.4, -0.2) is 22.7 Å². The number of hydrogen-bond donors (Lipinski definition) is 0. The van der Waals surface area contributed by atoms with E-state index in [2.05, 4.69) is 24.2 Å². The van der Waals surface area contributed by atoms with Gasteiger partial charge in [0.05, 0.1) is 18.5 Å². The molecule has 4 aromatic rings. The van der Waals surface area contributed by atoms with Crippen LogP contribution >= 0.6 is 0 Å². The molecule has 4 nitrogen and oxygen atoms in total. The summed E-state index contributed by atoms with van der Waals surface area (Å²) in [6.45, 7) is 2.05. The number of nitrogens with zero attached hydrogens (tertiary/aromatic N) is 2. The monoisotopic (exact) mass is 368 g/mol. The van der Waals surface area contributed by atoms with E-state index < -0.39 is 0 Å². The van der Waals surface area contributed by atoms with Crippen LogP contribution in [-0.2, 0) is 0 Å². The van der Waals surface area contributed by atoms with Gasteiger partial charge < -0.3 is 4.74 Å². The van der Waals surface area contributed by atoms with E-state index >= 15 is 0 Å². The maximum Gasteiger partial charge on any atom is 0.213 e. The molecule has 0 unspecified atom stereocenters. The van der Waals surface area contributed by atoms with Gasteiger partial charge in [0.1, 0.15) is 11.4 Å². The highest BCUT2D eigenvalue weighted by Gasteiger charge is 2.18. The first-order chi connectivity index (χ1) is 13.7. The predicted molar refractivity (Wildman–Crippen MR) is 110 cm³/mol. The van der Waals surface area contributed by atoms with Gasteiger partial charge in [-0.15, -0.1) is 0 Å². The molecule has 4 rings (SSSR count). The zero-order valence-corrected chi connectivity index (χ0v) is 15.8. The maximum atomic E-state index is 12.9. The lowest BCUT2D eigenvalue weighted by atomic mass is 10.1. The molecule has 0 spiro atoms. The fourth-order valence-electron chi connectivity index (χ4n) is 3.08. The third-order valence-corrected chi connectivity index (χ3v) is 4.64. The van der Waals surface area contributed by atoms with Crippen LogP contribution in [0.1, 0.15) is 21.6 Å². The van der Waals surface area contributed by atoms with Crippen LogP contribution in [0.25, 0.3) is 16.9 Å². The largest absolute Gasteiger partial charge is 0.497 e. The summed E-state index contributed by atoms with van der Waals surface area (Å²) in [5, 5.41) is 4.64. The zero-order valence-electron chi connectivity index (χ0n) is 15.8. The molecular formula is C24H20N2O2. The van der Waals surface area contributed by atoms with Gasteiger partial charge in [-0.25, -0.2) is 4.68 Å². The van der Waals surface area contributed by atoms with Gasteiger partial charge in [-0.05, 0) is 37.3 Å². The van der Waals surface area contributed by atoms with Gasteiger partial charge in [0, 0.05) is 11.1 Å². The summed E-state index contributed by atoms with van der Waals surface area (Å²) in [7, 11) is 1.64. The summed E-state index contributed by atoms with van der Waals surface area (Å²) in [6.07, 6.45) is 0. The van der Waals surface area contributed by atoms with E-state index in [9.17, 15) is 4.79 Å². The summed E-state index contributed by atoms with van der Waals surface area (Å²) in [4.78, 5) is 12.9. The fourth-order valence-corrected chi connectivity index (χ4v) is 3.08. The van der Waals surface area contributed by atoms with Crippen molar-refractivity contribution in [2.24, 2.45) is 0 Å². The Balaban J connectivity index is 1.83. The number of ketones is 1. The van der Waals surface area contributed by atoms with Gasteiger partial charge in [-0.1, -0.05) is 60.2 Å². The molecule has 0 amide bonds. The first-order valence-electron chi connectivity index (χ1n) is 9.07. The summed E-state index contributed by atoms with van der Waals surface area (Å²) >= 11 is 0. The van der Waals surface area contributed by atoms with E-state index in [1.807, 2.05) is 60.7 Å². The molecule has 0 radical (unpaired) electrons. The van der Waals surface area contributed by atoms with Gasteiger partial charge >= 0.3 is 0 Å². The van der Waals surface area contributed by atoms with Crippen molar-refractivity contribution < 1.29 is 9.53 Å². The van der Waals surface area contributed by atoms with E-state index in [1.54, 1.807) is 23.9 Å². The predicted octanol–water partition coefficient (Wildman–Crippen LogP) is 5.09. The summed E-state index contributed by atoms with van der Waals surface area (Å²) in [6, 6.07) is 26.9. The third kappa shape index (κ3) is 3.45. The molecule has 0 fully saturated rings. The smallest absolute Gasteiger partial charge is 0.213 e. The van der Waals surface area contributed by atoms with Crippen LogP contribution in [0.15, 0.2) is 84.9 Å². The SMILES string of the molecule is COc1ccc(-n2nc(C(=O)c3ccccc3)cc2-c2ccc(C)cc2)cc1. The van der Waals surface area contributed by atoms with Crippen molar-refractivity contribution in [2.75, 3.05) is 7.11 Å². The Labute approximate surface area is 164 Å². The van der Waals surface area contributed by atoms with Gasteiger partial charge in [0.2, 0.25) is 5.78 Å². The molecule has 0 bridgehead atoms. The number of methoxy groups -OCH3 is 1. The van der Waals surface area contributed by atoms with Crippen LogP contribution in [0, 0.1) is 6.92 Å². The molecule has 3 aromatic carbocycles. The Bertz CT molecular complexity index is 1100. The van der Waals surface area contributed by atoms with Crippen LogP contribution in [0.4, 0.5) is 0 Å². The van der Waals surface area contributed by atoms with Gasteiger partial charge in [0.15, 0.2) is 0 Å². The Morgan fingerprint density at radius 3 is 2.21 bits per heavy atom. The minimum atomic E-state index is -0.0961. The maximum absolute atomic E-state index is 12.9. The first-order valence-corrected chi connectivity index (χ1v) is 9.07. The molecular weight excluding hydrogens is 348 g/mol. The van der Waals surface area contributed by atoms with Crippen LogP contribution in [0.5, 0.6) is 5.75 Å². The second-order valence-corrected chi connectivity index (χ2v) is 6.59. The molecule has 0 saturated carbocycles. The van der Waals surface area contributed by atoms with E-state index in [0.29, 0.717) is 11.3 Å². The van der Waals surface area contributed by atoms with Crippen molar-refractivity contribution in [3.63, 3.8) is 0 Å². The van der Waals surface area contributed by atoms with Crippen molar-refractivity contribution in [3.8, 4) is 22.7 Å². The minimum Gasteiger partial charge on any atom is -0.497 e. The fraction of sp³-hybridized carbons (Fsp3) is 0.0833. The second kappa shape index (κ2) is 7.53. The number of aryl methyl sites for hydroxylation is 1. The molecule has 138 valence electrons. The molecule has 0 N–H and O–H groups in total. The number of carbonyl (C=O) groups excluding carboxylic acids is 1. The molecule has 1 heterocycles. The lowest BCUT2D eigenvalue weighted by Crippen LogP contribution is -2.04. The molecule has 0 saturated heterocycles. The van der Waals surface area contributed by atoms with E-state index in [0.717, 1.165) is 22.7 Å². The lowest BCUT2D eigenvalue weighted by molar-refractivity contribution is 0.103. The lowest BCUT2D eigenvalue weighted by Gasteiger charge is -2.09. The highest BCUT2D eigenvalue weighted by atomic mass is 16.5. The molecule has 0 atom stereocenters. The Morgan fingerprint density at radius 1 is 0.893 bits per heavy atom. The summed E-state index contributed by atoms with van der Waals surface area (Å²) in [5.41, 5.74) is 4.95. The van der Waals surface area contributed by atoms with Crippen molar-refractivity contribution in [2.45, 2.75) is 6.92 Å². The third-order valence-electron chi connectivity index (χ3n) is 4.64. The Kier molecular flexibility index (Phi) is 4.77. The highest BCUT2D eigenvalue weighted by Crippen LogP contribution is 2.26. The Hall–Kier alpha value is -3.66. The van der Waals surface area contributed by atoms with Crippen molar-refractivity contribution in [1.29, 1.82) is 0 Å². The summed E-state index contributed by atoms with van der Waals surface area (Å²) < 4.78 is 7.06. The normalized spacial score (nSPS) is 10.6. The molecule has 1 aromatic heterocycles. The molecule has 0 aliphatic rings. The standard InChI is InChI=1S/C24H20N2O2/c1-17-8-10-18(11-9-17)23-16-22(24(27)19-6-4-3-5-7-19)25-26(23)20-12-14-21(28-2)15-13-20/h3-16H,1-2H3. The quantitative estimate of drug-likeness (QED) is 0.461. The average molecular weight is 368 g/mol. The second-order valence-electron chi connectivity index (χ2n) is 6.59. The number of benzene rings is 3.